The second-order valence-corrected chi connectivity index (χ2v) is 7.53. The Kier molecular flexibility index (Phi) is 9.46. The van der Waals surface area contributed by atoms with Gasteiger partial charge in [-0.3, -0.25) is 9.89 Å². The zero-order chi connectivity index (χ0) is 19.1. The summed E-state index contributed by atoms with van der Waals surface area (Å²) in [5.41, 5.74) is 0.839. The van der Waals surface area contributed by atoms with Gasteiger partial charge in [-0.1, -0.05) is 12.1 Å². The molecule has 1 aromatic heterocycles. The zero-order valence-electron chi connectivity index (χ0n) is 16.3. The Morgan fingerprint density at radius 3 is 2.68 bits per heavy atom. The van der Waals surface area contributed by atoms with Gasteiger partial charge in [0.2, 0.25) is 0 Å². The highest BCUT2D eigenvalue weighted by Crippen LogP contribution is 2.27. The van der Waals surface area contributed by atoms with Crippen molar-refractivity contribution in [3.63, 3.8) is 0 Å². The van der Waals surface area contributed by atoms with Crippen molar-refractivity contribution in [1.29, 1.82) is 0 Å². The van der Waals surface area contributed by atoms with Gasteiger partial charge in [-0.15, -0.1) is 35.3 Å². The van der Waals surface area contributed by atoms with Crippen molar-refractivity contribution in [3.05, 3.63) is 52.0 Å². The standard InChI is InChI=1S/C20H27FN4OS.HI/c1-22-20(23-13-15-7-8-18(26-2)16(21)12-15)24-14-17(19-6-5-11-27-19)25-9-3-4-10-25;/h5-8,11-12,17H,3-4,9-10,13-14H2,1-2H3,(H2,22,23,24);1H. The largest absolute Gasteiger partial charge is 0.494 e. The topological polar surface area (TPSA) is 48.9 Å². The molecule has 1 unspecified atom stereocenters. The van der Waals surface area contributed by atoms with Crippen LogP contribution in [0.2, 0.25) is 0 Å². The molecular weight excluding hydrogens is 490 g/mol. The van der Waals surface area contributed by atoms with Gasteiger partial charge in [0.05, 0.1) is 13.2 Å². The van der Waals surface area contributed by atoms with Gasteiger partial charge in [0.15, 0.2) is 17.5 Å². The third-order valence-electron chi connectivity index (χ3n) is 4.82. The lowest BCUT2D eigenvalue weighted by Crippen LogP contribution is -2.42. The van der Waals surface area contributed by atoms with E-state index in [1.807, 2.05) is 6.07 Å². The minimum Gasteiger partial charge on any atom is -0.494 e. The van der Waals surface area contributed by atoms with E-state index in [0.717, 1.165) is 25.2 Å². The first kappa shape index (κ1) is 22.9. The first-order valence-electron chi connectivity index (χ1n) is 9.25. The summed E-state index contributed by atoms with van der Waals surface area (Å²) < 4.78 is 18.8. The van der Waals surface area contributed by atoms with Crippen molar-refractivity contribution in [2.75, 3.05) is 33.8 Å². The fourth-order valence-electron chi connectivity index (χ4n) is 3.36. The quantitative estimate of drug-likeness (QED) is 0.331. The molecule has 1 atom stereocenters. The van der Waals surface area contributed by atoms with Crippen molar-refractivity contribution in [3.8, 4) is 5.75 Å². The first-order chi connectivity index (χ1) is 13.2. The predicted octanol–water partition coefficient (Wildman–Crippen LogP) is 4.02. The number of guanidine groups is 1. The van der Waals surface area contributed by atoms with Gasteiger partial charge < -0.3 is 15.4 Å². The van der Waals surface area contributed by atoms with Gasteiger partial charge in [0, 0.05) is 25.0 Å². The fraction of sp³-hybridized carbons (Fsp3) is 0.450. The molecule has 2 N–H and O–H groups in total. The third-order valence-corrected chi connectivity index (χ3v) is 5.79. The molecule has 1 fully saturated rings. The molecule has 5 nitrogen and oxygen atoms in total. The predicted molar refractivity (Wildman–Crippen MR) is 124 cm³/mol. The number of hydrogen-bond acceptors (Lipinski definition) is 4. The SMILES string of the molecule is CN=C(NCc1ccc(OC)c(F)c1)NCC(c1cccs1)N1CCCC1.I. The number of benzene rings is 1. The molecule has 1 aliphatic rings. The summed E-state index contributed by atoms with van der Waals surface area (Å²) in [6.07, 6.45) is 2.52. The maximum atomic E-state index is 13.8. The van der Waals surface area contributed by atoms with Gasteiger partial charge in [0.25, 0.3) is 0 Å². The molecule has 2 heterocycles. The molecule has 0 amide bonds. The van der Waals surface area contributed by atoms with Crippen LogP contribution in [-0.4, -0.2) is 44.7 Å². The summed E-state index contributed by atoms with van der Waals surface area (Å²) in [6.45, 7) is 3.56. The van der Waals surface area contributed by atoms with E-state index in [0.29, 0.717) is 18.5 Å². The van der Waals surface area contributed by atoms with E-state index >= 15 is 0 Å². The van der Waals surface area contributed by atoms with Crippen molar-refractivity contribution in [1.82, 2.24) is 15.5 Å². The van der Waals surface area contributed by atoms with Crippen LogP contribution in [0.3, 0.4) is 0 Å². The van der Waals surface area contributed by atoms with Crippen LogP contribution < -0.4 is 15.4 Å². The molecule has 3 rings (SSSR count). The average Bonchev–Trinajstić information content (AvgIpc) is 3.39. The Hall–Kier alpha value is -1.39. The van der Waals surface area contributed by atoms with Gasteiger partial charge in [-0.25, -0.2) is 4.39 Å². The Morgan fingerprint density at radius 2 is 2.07 bits per heavy atom. The van der Waals surface area contributed by atoms with Gasteiger partial charge in [0.1, 0.15) is 0 Å². The van der Waals surface area contributed by atoms with Gasteiger partial charge in [-0.05, 0) is 55.1 Å². The maximum Gasteiger partial charge on any atom is 0.191 e. The molecule has 8 heteroatoms. The van der Waals surface area contributed by atoms with Crippen LogP contribution in [0.1, 0.15) is 29.3 Å². The Bertz CT molecular complexity index is 751. The fourth-order valence-corrected chi connectivity index (χ4v) is 4.22. The summed E-state index contributed by atoms with van der Waals surface area (Å²) in [4.78, 5) is 8.21. The van der Waals surface area contributed by atoms with Crippen molar-refractivity contribution < 1.29 is 9.13 Å². The minimum absolute atomic E-state index is 0. The van der Waals surface area contributed by atoms with Crippen LogP contribution in [-0.2, 0) is 6.54 Å². The number of likely N-dealkylation sites (tertiary alicyclic amines) is 1. The lowest BCUT2D eigenvalue weighted by atomic mass is 10.2. The van der Waals surface area contributed by atoms with E-state index in [1.165, 1.54) is 30.9 Å². The lowest BCUT2D eigenvalue weighted by Gasteiger charge is -2.27. The third kappa shape index (κ3) is 6.05. The van der Waals surface area contributed by atoms with Crippen LogP contribution in [0.15, 0.2) is 40.7 Å². The molecular formula is C20H28FIN4OS. The molecule has 2 aromatic rings. The van der Waals surface area contributed by atoms with Crippen LogP contribution in [0.4, 0.5) is 4.39 Å². The molecule has 0 radical (unpaired) electrons. The molecule has 1 saturated heterocycles. The Labute approximate surface area is 187 Å². The van der Waals surface area contributed by atoms with E-state index in [9.17, 15) is 4.39 Å². The van der Waals surface area contributed by atoms with E-state index in [2.05, 4.69) is 38.0 Å². The Balaban J connectivity index is 0.00000280. The number of rotatable bonds is 7. The molecule has 28 heavy (non-hydrogen) atoms. The monoisotopic (exact) mass is 518 g/mol. The van der Waals surface area contributed by atoms with E-state index in [-0.39, 0.29) is 35.5 Å². The second kappa shape index (κ2) is 11.6. The molecule has 154 valence electrons. The zero-order valence-corrected chi connectivity index (χ0v) is 19.4. The first-order valence-corrected chi connectivity index (χ1v) is 10.1. The highest BCUT2D eigenvalue weighted by atomic mass is 127. The summed E-state index contributed by atoms with van der Waals surface area (Å²) in [5.74, 6) is 0.615. The van der Waals surface area contributed by atoms with Crippen LogP contribution in [0, 0.1) is 5.82 Å². The average molecular weight is 518 g/mol. The number of nitrogens with one attached hydrogen (secondary N) is 2. The van der Waals surface area contributed by atoms with E-state index in [1.54, 1.807) is 24.5 Å². The van der Waals surface area contributed by atoms with Gasteiger partial charge >= 0.3 is 0 Å². The summed E-state index contributed by atoms with van der Waals surface area (Å²) in [6, 6.07) is 9.63. The normalized spacial score (nSPS) is 15.8. The number of thiophene rings is 1. The number of hydrogen-bond donors (Lipinski definition) is 2. The summed E-state index contributed by atoms with van der Waals surface area (Å²) >= 11 is 1.80. The molecule has 1 aliphatic heterocycles. The van der Waals surface area contributed by atoms with Crippen LogP contribution in [0.5, 0.6) is 5.75 Å². The number of nitrogens with zero attached hydrogens (tertiary/aromatic N) is 2. The second-order valence-electron chi connectivity index (χ2n) is 6.55. The van der Waals surface area contributed by atoms with Gasteiger partial charge in [-0.2, -0.15) is 0 Å². The number of halogens is 2. The molecule has 0 saturated carbocycles. The van der Waals surface area contributed by atoms with Crippen LogP contribution >= 0.6 is 35.3 Å². The van der Waals surface area contributed by atoms with Crippen molar-refractivity contribution >= 4 is 41.3 Å². The smallest absolute Gasteiger partial charge is 0.191 e. The van der Waals surface area contributed by atoms with Crippen molar-refractivity contribution in [2.45, 2.75) is 25.4 Å². The van der Waals surface area contributed by atoms with Crippen LogP contribution in [0.25, 0.3) is 0 Å². The number of aliphatic imine (C=N–C) groups is 1. The lowest BCUT2D eigenvalue weighted by molar-refractivity contribution is 0.249. The number of ether oxygens (including phenoxy) is 1. The molecule has 1 aromatic carbocycles. The number of methoxy groups -OCH3 is 1. The molecule has 0 spiro atoms. The van der Waals surface area contributed by atoms with E-state index in [4.69, 9.17) is 4.74 Å². The highest BCUT2D eigenvalue weighted by Gasteiger charge is 2.24. The van der Waals surface area contributed by atoms with Crippen molar-refractivity contribution in [2.24, 2.45) is 4.99 Å². The van der Waals surface area contributed by atoms with E-state index < -0.39 is 0 Å². The Morgan fingerprint density at radius 1 is 1.29 bits per heavy atom. The summed E-state index contributed by atoms with van der Waals surface area (Å²) in [7, 11) is 3.21. The molecule has 0 aliphatic carbocycles. The maximum absolute atomic E-state index is 13.8. The minimum atomic E-state index is -0.355. The summed E-state index contributed by atoms with van der Waals surface area (Å²) in [5, 5.41) is 8.81. The highest BCUT2D eigenvalue weighted by molar-refractivity contribution is 14.0. The molecule has 0 bridgehead atoms.